The Kier molecular flexibility index (Phi) is 2.78. The predicted molar refractivity (Wildman–Crippen MR) is 74.9 cm³/mol. The molecule has 1 aliphatic rings. The Hall–Kier alpha value is -1.24. The molecule has 0 bridgehead atoms. The second-order valence-electron chi connectivity index (χ2n) is 4.83. The van der Waals surface area contributed by atoms with E-state index in [-0.39, 0.29) is 5.75 Å². The Morgan fingerprint density at radius 3 is 2.79 bits per heavy atom. The lowest BCUT2D eigenvalue weighted by atomic mass is 9.88. The van der Waals surface area contributed by atoms with Crippen LogP contribution in [0.25, 0.3) is 0 Å². The molecular formula is C13H14N2O2S2. The van der Waals surface area contributed by atoms with Gasteiger partial charge in [0.05, 0.1) is 16.2 Å². The number of benzene rings is 1. The highest BCUT2D eigenvalue weighted by Gasteiger charge is 2.42. The largest absolute Gasteiger partial charge is 0.316 e. The summed E-state index contributed by atoms with van der Waals surface area (Å²) in [6, 6.07) is 6.98. The number of thiazole rings is 1. The Morgan fingerprint density at radius 1 is 1.37 bits per heavy atom. The molecule has 19 heavy (non-hydrogen) atoms. The van der Waals surface area contributed by atoms with E-state index in [0.29, 0.717) is 16.9 Å². The van der Waals surface area contributed by atoms with E-state index in [4.69, 9.17) is 5.73 Å². The maximum Gasteiger partial charge on any atom is 0.178 e. The first-order chi connectivity index (χ1) is 8.93. The third kappa shape index (κ3) is 1.91. The molecule has 2 aromatic rings. The lowest BCUT2D eigenvalue weighted by molar-refractivity contribution is 0.481. The highest BCUT2D eigenvalue weighted by molar-refractivity contribution is 7.91. The van der Waals surface area contributed by atoms with Crippen molar-refractivity contribution in [3.63, 3.8) is 0 Å². The minimum absolute atomic E-state index is 0.0686. The van der Waals surface area contributed by atoms with Crippen LogP contribution < -0.4 is 5.73 Å². The first-order valence-corrected chi connectivity index (χ1v) is 8.50. The number of nitrogens with zero attached hydrogens (tertiary/aromatic N) is 1. The summed E-state index contributed by atoms with van der Waals surface area (Å²) in [6.07, 6.45) is 0.374. The topological polar surface area (TPSA) is 73.1 Å². The van der Waals surface area contributed by atoms with Crippen LogP contribution in [0.4, 0.5) is 0 Å². The van der Waals surface area contributed by atoms with E-state index in [1.165, 1.54) is 11.3 Å². The second kappa shape index (κ2) is 4.13. The standard InChI is InChI=1S/C13H14N2O2S2/c1-9-8-18-12(15-9)13(14)6-7-19(16,17)11-5-3-2-4-10(11)13/h2-5,8H,6-7,14H2,1H3. The first kappa shape index (κ1) is 12.8. The van der Waals surface area contributed by atoms with Crippen molar-refractivity contribution in [2.75, 3.05) is 5.75 Å². The van der Waals surface area contributed by atoms with Gasteiger partial charge in [-0.15, -0.1) is 11.3 Å². The molecule has 0 radical (unpaired) electrons. The smallest absolute Gasteiger partial charge is 0.178 e. The van der Waals surface area contributed by atoms with Gasteiger partial charge in [0.15, 0.2) is 9.84 Å². The van der Waals surface area contributed by atoms with Gasteiger partial charge in [-0.1, -0.05) is 18.2 Å². The fourth-order valence-electron chi connectivity index (χ4n) is 2.43. The molecule has 1 aromatic heterocycles. The van der Waals surface area contributed by atoms with E-state index in [9.17, 15) is 8.42 Å². The summed E-state index contributed by atoms with van der Waals surface area (Å²) < 4.78 is 24.2. The summed E-state index contributed by atoms with van der Waals surface area (Å²) in [5.74, 6) is 0.0686. The molecule has 6 heteroatoms. The Labute approximate surface area is 116 Å². The number of rotatable bonds is 1. The zero-order valence-electron chi connectivity index (χ0n) is 10.5. The fraction of sp³-hybridized carbons (Fsp3) is 0.308. The van der Waals surface area contributed by atoms with E-state index >= 15 is 0 Å². The SMILES string of the molecule is Cc1csc(C2(N)CCS(=O)(=O)c3ccccc32)n1. The molecule has 3 rings (SSSR count). The van der Waals surface area contributed by atoms with E-state index in [1.807, 2.05) is 18.4 Å². The molecule has 0 amide bonds. The van der Waals surface area contributed by atoms with Crippen LogP contribution in [0.3, 0.4) is 0 Å². The molecule has 1 atom stereocenters. The van der Waals surface area contributed by atoms with Gasteiger partial charge in [-0.3, -0.25) is 0 Å². The minimum atomic E-state index is -3.22. The van der Waals surface area contributed by atoms with Crippen molar-refractivity contribution in [2.45, 2.75) is 23.8 Å². The van der Waals surface area contributed by atoms with Crippen LogP contribution in [0.5, 0.6) is 0 Å². The quantitative estimate of drug-likeness (QED) is 0.871. The molecule has 0 saturated heterocycles. The molecule has 0 fully saturated rings. The molecule has 4 nitrogen and oxygen atoms in total. The number of fused-ring (bicyclic) bond motifs is 1. The monoisotopic (exact) mass is 294 g/mol. The van der Waals surface area contributed by atoms with Gasteiger partial charge in [-0.2, -0.15) is 0 Å². The summed E-state index contributed by atoms with van der Waals surface area (Å²) in [5.41, 5.74) is 7.29. The van der Waals surface area contributed by atoms with E-state index in [2.05, 4.69) is 4.98 Å². The van der Waals surface area contributed by atoms with Gasteiger partial charge in [-0.25, -0.2) is 13.4 Å². The van der Waals surface area contributed by atoms with Crippen LogP contribution in [-0.4, -0.2) is 19.2 Å². The number of hydrogen-bond donors (Lipinski definition) is 1. The van der Waals surface area contributed by atoms with Gasteiger partial charge >= 0.3 is 0 Å². The Balaban J connectivity index is 2.26. The molecule has 2 N–H and O–H groups in total. The second-order valence-corrected chi connectivity index (χ2v) is 7.77. The van der Waals surface area contributed by atoms with Crippen molar-refractivity contribution >= 4 is 21.2 Å². The molecule has 1 aliphatic heterocycles. The van der Waals surface area contributed by atoms with Crippen molar-refractivity contribution < 1.29 is 8.42 Å². The number of sulfone groups is 1. The fourth-order valence-corrected chi connectivity index (χ4v) is 5.06. The van der Waals surface area contributed by atoms with E-state index in [0.717, 1.165) is 10.7 Å². The third-order valence-corrected chi connectivity index (χ3v) is 6.37. The molecule has 0 aliphatic carbocycles. The van der Waals surface area contributed by atoms with Crippen molar-refractivity contribution in [3.8, 4) is 0 Å². The minimum Gasteiger partial charge on any atom is -0.316 e. The van der Waals surface area contributed by atoms with Gasteiger partial charge in [-0.05, 0) is 25.0 Å². The van der Waals surface area contributed by atoms with Gasteiger partial charge in [0.2, 0.25) is 0 Å². The molecule has 0 saturated carbocycles. The van der Waals surface area contributed by atoms with Crippen molar-refractivity contribution in [3.05, 3.63) is 45.9 Å². The molecule has 1 aromatic carbocycles. The van der Waals surface area contributed by atoms with Crippen LogP contribution in [0.2, 0.25) is 0 Å². The molecule has 100 valence electrons. The zero-order chi connectivity index (χ0) is 13.7. The first-order valence-electron chi connectivity index (χ1n) is 5.97. The maximum absolute atomic E-state index is 12.1. The molecule has 0 spiro atoms. The average Bonchev–Trinajstić information content (AvgIpc) is 2.82. The summed E-state index contributed by atoms with van der Waals surface area (Å²) in [5, 5.41) is 2.72. The average molecular weight is 294 g/mol. The van der Waals surface area contributed by atoms with Crippen LogP contribution >= 0.6 is 11.3 Å². The Bertz CT molecular complexity index is 737. The van der Waals surface area contributed by atoms with Gasteiger partial charge in [0.25, 0.3) is 0 Å². The third-order valence-electron chi connectivity index (χ3n) is 3.47. The number of aromatic nitrogens is 1. The normalized spacial score (nSPS) is 24.9. The van der Waals surface area contributed by atoms with Gasteiger partial charge in [0, 0.05) is 11.1 Å². The highest BCUT2D eigenvalue weighted by Crippen LogP contribution is 2.40. The molecule has 2 heterocycles. The highest BCUT2D eigenvalue weighted by atomic mass is 32.2. The van der Waals surface area contributed by atoms with Gasteiger partial charge < -0.3 is 5.73 Å². The van der Waals surface area contributed by atoms with E-state index in [1.54, 1.807) is 18.2 Å². The molecule has 1 unspecified atom stereocenters. The summed E-state index contributed by atoms with van der Waals surface area (Å²) in [6.45, 7) is 1.91. The van der Waals surface area contributed by atoms with Crippen LogP contribution in [-0.2, 0) is 15.4 Å². The molecular weight excluding hydrogens is 280 g/mol. The van der Waals surface area contributed by atoms with Crippen LogP contribution in [0, 0.1) is 6.92 Å². The predicted octanol–water partition coefficient (Wildman–Crippen LogP) is 1.83. The van der Waals surface area contributed by atoms with Crippen molar-refractivity contribution in [2.24, 2.45) is 5.73 Å². The maximum atomic E-state index is 12.1. The van der Waals surface area contributed by atoms with Crippen molar-refractivity contribution in [1.82, 2.24) is 4.98 Å². The van der Waals surface area contributed by atoms with Crippen molar-refractivity contribution in [1.29, 1.82) is 0 Å². The Morgan fingerprint density at radius 2 is 2.11 bits per heavy atom. The van der Waals surface area contributed by atoms with E-state index < -0.39 is 15.4 Å². The summed E-state index contributed by atoms with van der Waals surface area (Å²) in [4.78, 5) is 4.80. The number of nitrogens with two attached hydrogens (primary N) is 1. The number of aryl methyl sites for hydroxylation is 1. The number of hydrogen-bond acceptors (Lipinski definition) is 5. The van der Waals surface area contributed by atoms with Crippen LogP contribution in [0.15, 0.2) is 34.5 Å². The van der Waals surface area contributed by atoms with Crippen LogP contribution in [0.1, 0.15) is 22.7 Å². The zero-order valence-corrected chi connectivity index (χ0v) is 12.1. The summed E-state index contributed by atoms with van der Waals surface area (Å²) >= 11 is 1.49. The summed E-state index contributed by atoms with van der Waals surface area (Å²) in [7, 11) is -3.22. The lowest BCUT2D eigenvalue weighted by Crippen LogP contribution is -2.44. The lowest BCUT2D eigenvalue weighted by Gasteiger charge is -2.33. The van der Waals surface area contributed by atoms with Gasteiger partial charge in [0.1, 0.15) is 5.01 Å².